The monoisotopic (exact) mass is 908 g/mol. The number of nitrogens with two attached hydrogens (primary N) is 1. The molecule has 4 aliphatic heterocycles. The number of carbonyl (C=O) groups excluding carboxylic acids is 5. The summed E-state index contributed by atoms with van der Waals surface area (Å²) in [6.07, 6.45) is 6.36. The summed E-state index contributed by atoms with van der Waals surface area (Å²) in [5.74, 6) is -1.58. The highest BCUT2D eigenvalue weighted by molar-refractivity contribution is 6.33. The number of carbonyl (C=O) groups is 5. The van der Waals surface area contributed by atoms with Crippen LogP contribution in [0.4, 0.5) is 23.1 Å². The van der Waals surface area contributed by atoms with Crippen LogP contribution >= 0.6 is 11.6 Å². The van der Waals surface area contributed by atoms with Crippen molar-refractivity contribution in [2.75, 3.05) is 61.0 Å². The minimum absolute atomic E-state index is 0.0355. The predicted molar refractivity (Wildman–Crippen MR) is 243 cm³/mol. The van der Waals surface area contributed by atoms with Gasteiger partial charge >= 0.3 is 0 Å². The van der Waals surface area contributed by atoms with Crippen molar-refractivity contribution in [1.82, 2.24) is 29.7 Å². The number of hydrogen-bond donors (Lipinski definition) is 3. The van der Waals surface area contributed by atoms with E-state index in [1.54, 1.807) is 22.9 Å². The van der Waals surface area contributed by atoms with Gasteiger partial charge in [0.15, 0.2) is 18.2 Å². The van der Waals surface area contributed by atoms with E-state index in [4.69, 9.17) is 31.8 Å². The molecule has 4 fully saturated rings. The second-order valence-corrected chi connectivity index (χ2v) is 18.1. The molecule has 0 spiro atoms. The average Bonchev–Trinajstić information content (AvgIpc) is 3.52. The maximum atomic E-state index is 13.7. The van der Waals surface area contributed by atoms with E-state index in [1.165, 1.54) is 0 Å². The molecule has 5 aliphatic rings. The number of imide groups is 2. The van der Waals surface area contributed by atoms with Crippen molar-refractivity contribution in [3.63, 3.8) is 0 Å². The molecule has 19 heteroatoms. The first kappa shape index (κ1) is 44.1. The number of pyridine rings is 1. The standard InChI is InChI=1S/C46H53ClN10O8/c1-4-31-35(8-6-32-40(31)45(63)57(43(32)61)36-9-10-39(59)51-42(36)60)54-17-15-53(16-18-54)28-21-30(22-28)65-29-11-13-55(14-12-29)46-49-23-33(47)41(52-46)50-27-5-7-34-26(19-27)20-37(64-24-38(48)58)44(62)56(34)25(2)3/h5-8,19-20,23,25,28-30,36H,4,9-18,21-22,24H2,1-3H3,(H2,48,58)(H,49,50,52)(H,51,59,60)/t28-,30-,36?. The lowest BCUT2D eigenvalue weighted by atomic mass is 9.87. The smallest absolute Gasteiger partial charge is 0.293 e. The van der Waals surface area contributed by atoms with Crippen LogP contribution in [0.1, 0.15) is 91.6 Å². The summed E-state index contributed by atoms with van der Waals surface area (Å²) in [4.78, 5) is 93.4. The summed E-state index contributed by atoms with van der Waals surface area (Å²) >= 11 is 6.58. The molecule has 1 saturated carbocycles. The molecule has 18 nitrogen and oxygen atoms in total. The molecule has 5 amide bonds. The summed E-state index contributed by atoms with van der Waals surface area (Å²) in [5.41, 5.74) is 8.78. The van der Waals surface area contributed by atoms with Gasteiger partial charge in [-0.3, -0.25) is 43.9 Å². The number of hydrogen-bond acceptors (Lipinski definition) is 14. The van der Waals surface area contributed by atoms with Crippen molar-refractivity contribution in [1.29, 1.82) is 0 Å². The van der Waals surface area contributed by atoms with Gasteiger partial charge in [0.2, 0.25) is 17.8 Å². The zero-order valence-electron chi connectivity index (χ0n) is 36.7. The lowest BCUT2D eigenvalue weighted by Crippen LogP contribution is -2.56. The van der Waals surface area contributed by atoms with Gasteiger partial charge in [-0.25, -0.2) is 4.98 Å². The second kappa shape index (κ2) is 18.0. The summed E-state index contributed by atoms with van der Waals surface area (Å²) < 4.78 is 13.7. The van der Waals surface area contributed by atoms with Gasteiger partial charge in [0.05, 0.1) is 35.0 Å². The molecule has 2 aromatic carbocycles. The number of anilines is 4. The molecule has 342 valence electrons. The van der Waals surface area contributed by atoms with Gasteiger partial charge in [0, 0.05) is 74.5 Å². The zero-order chi connectivity index (χ0) is 45.7. The SMILES string of the molecule is CCc1c(N2CCN([C@H]3C[C@H](OC4CCN(c5ncc(Cl)c(Nc6ccc7c(c6)cc(OCC(N)=O)c(=O)n7C(C)C)n5)CC4)C3)CC2)ccc2c1C(=O)N(C1CCC(=O)NC1=O)C2=O. The first-order valence-corrected chi connectivity index (χ1v) is 22.8. The normalized spacial score (nSPS) is 21.8. The first-order chi connectivity index (χ1) is 31.3. The fraction of sp³-hybridized carbons (Fsp3) is 0.478. The molecule has 0 radical (unpaired) electrons. The molecular weight excluding hydrogens is 856 g/mol. The topological polar surface area (TPSA) is 215 Å². The molecule has 2 aromatic heterocycles. The number of ether oxygens (including phenoxy) is 2. The Morgan fingerprint density at radius 3 is 2.38 bits per heavy atom. The van der Waals surface area contributed by atoms with Crippen molar-refractivity contribution in [3.05, 3.63) is 74.7 Å². The van der Waals surface area contributed by atoms with E-state index in [0.717, 1.165) is 86.5 Å². The van der Waals surface area contributed by atoms with Gasteiger partial charge in [-0.2, -0.15) is 4.98 Å². The summed E-state index contributed by atoms with van der Waals surface area (Å²) in [6.45, 7) is 10.2. The Morgan fingerprint density at radius 2 is 1.69 bits per heavy atom. The molecule has 9 rings (SSSR count). The number of rotatable bonds is 13. The van der Waals surface area contributed by atoms with Crippen molar-refractivity contribution in [2.45, 2.75) is 96.1 Å². The third-order valence-corrected chi connectivity index (χ3v) is 13.6. The number of nitrogens with one attached hydrogen (secondary N) is 2. The van der Waals surface area contributed by atoms with E-state index in [1.807, 2.05) is 45.0 Å². The molecule has 1 aliphatic carbocycles. The van der Waals surface area contributed by atoms with Gasteiger partial charge in [-0.15, -0.1) is 0 Å². The molecule has 4 N–H and O–H groups in total. The van der Waals surface area contributed by atoms with Crippen molar-refractivity contribution in [2.24, 2.45) is 5.73 Å². The number of primary amides is 1. The third-order valence-electron chi connectivity index (χ3n) is 13.3. The Balaban J connectivity index is 0.758. The van der Waals surface area contributed by atoms with E-state index in [2.05, 4.69) is 30.3 Å². The van der Waals surface area contributed by atoms with Crippen LogP contribution in [0.3, 0.4) is 0 Å². The molecule has 3 saturated heterocycles. The number of amides is 5. The second-order valence-electron chi connectivity index (χ2n) is 17.7. The van der Waals surface area contributed by atoms with Crippen LogP contribution in [0.2, 0.25) is 5.02 Å². The summed E-state index contributed by atoms with van der Waals surface area (Å²) in [5, 5.41) is 6.65. The van der Waals surface area contributed by atoms with Crippen LogP contribution in [0.25, 0.3) is 10.9 Å². The Hall–Kier alpha value is -6.11. The number of nitrogens with zero attached hydrogens (tertiary/aromatic N) is 7. The third kappa shape index (κ3) is 8.61. The fourth-order valence-corrected chi connectivity index (χ4v) is 10.0. The van der Waals surface area contributed by atoms with Crippen LogP contribution in [0.5, 0.6) is 5.75 Å². The largest absolute Gasteiger partial charge is 0.478 e. The van der Waals surface area contributed by atoms with E-state index < -0.39 is 42.2 Å². The molecule has 4 aromatic rings. The average molecular weight is 909 g/mol. The Morgan fingerprint density at radius 1 is 0.938 bits per heavy atom. The van der Waals surface area contributed by atoms with Crippen molar-refractivity contribution >= 4 is 75.2 Å². The number of fused-ring (bicyclic) bond motifs is 2. The minimum atomic E-state index is -0.989. The van der Waals surface area contributed by atoms with Gasteiger partial charge < -0.3 is 34.9 Å². The molecule has 1 atom stereocenters. The summed E-state index contributed by atoms with van der Waals surface area (Å²) in [6, 6.07) is 10.1. The Labute approximate surface area is 380 Å². The van der Waals surface area contributed by atoms with E-state index in [9.17, 15) is 28.8 Å². The van der Waals surface area contributed by atoms with Crippen LogP contribution in [0, 0.1) is 0 Å². The van der Waals surface area contributed by atoms with Gasteiger partial charge in [-0.05, 0) is 94.3 Å². The number of halogens is 1. The van der Waals surface area contributed by atoms with E-state index in [0.29, 0.717) is 51.6 Å². The van der Waals surface area contributed by atoms with Crippen LogP contribution in [0.15, 0.2) is 47.4 Å². The molecule has 65 heavy (non-hydrogen) atoms. The summed E-state index contributed by atoms with van der Waals surface area (Å²) in [7, 11) is 0. The number of aromatic nitrogens is 3. The van der Waals surface area contributed by atoms with Gasteiger partial charge in [-0.1, -0.05) is 18.5 Å². The number of benzene rings is 2. The van der Waals surface area contributed by atoms with Crippen LogP contribution in [-0.2, 0) is 25.5 Å². The van der Waals surface area contributed by atoms with E-state index >= 15 is 0 Å². The maximum absolute atomic E-state index is 13.7. The highest BCUT2D eigenvalue weighted by Gasteiger charge is 2.46. The van der Waals surface area contributed by atoms with Gasteiger partial charge in [0.25, 0.3) is 23.3 Å². The first-order valence-electron chi connectivity index (χ1n) is 22.4. The lowest BCUT2D eigenvalue weighted by molar-refractivity contribution is -0.136. The fourth-order valence-electron chi connectivity index (χ4n) is 9.90. The van der Waals surface area contributed by atoms with Gasteiger partial charge in [0.1, 0.15) is 11.1 Å². The lowest BCUT2D eigenvalue weighted by Gasteiger charge is -2.48. The highest BCUT2D eigenvalue weighted by atomic mass is 35.5. The van der Waals surface area contributed by atoms with Crippen LogP contribution in [-0.4, -0.2) is 124 Å². The Kier molecular flexibility index (Phi) is 12.2. The number of piperidine rings is 2. The highest BCUT2D eigenvalue weighted by Crippen LogP contribution is 2.38. The molecule has 1 unspecified atom stereocenters. The quantitative estimate of drug-likeness (QED) is 0.162. The number of piperazine rings is 1. The van der Waals surface area contributed by atoms with E-state index in [-0.39, 0.29) is 42.4 Å². The molecule has 6 heterocycles. The predicted octanol–water partition coefficient (Wildman–Crippen LogP) is 3.94. The minimum Gasteiger partial charge on any atom is -0.478 e. The Bertz CT molecular complexity index is 2630. The molecular formula is C46H53ClN10O8. The zero-order valence-corrected chi connectivity index (χ0v) is 37.4. The maximum Gasteiger partial charge on any atom is 0.293 e. The molecule has 0 bridgehead atoms. The van der Waals surface area contributed by atoms with Crippen molar-refractivity contribution < 1.29 is 33.4 Å². The van der Waals surface area contributed by atoms with Crippen LogP contribution < -0.4 is 36.5 Å². The van der Waals surface area contributed by atoms with Crippen molar-refractivity contribution in [3.8, 4) is 5.75 Å².